The minimum absolute atomic E-state index is 0. The molecule has 2 nitrogen and oxygen atoms in total. The van der Waals surface area contributed by atoms with Crippen LogP contribution < -0.4 is 5.32 Å². The second-order valence-electron chi connectivity index (χ2n) is 2.46. The van der Waals surface area contributed by atoms with Crippen molar-refractivity contribution < 1.29 is 32.7 Å². The Bertz CT molecular complexity index is 147. The molecule has 0 bridgehead atoms. The predicted octanol–water partition coefficient (Wildman–Crippen LogP) is 0.363. The fourth-order valence-electron chi connectivity index (χ4n) is 1.33. The van der Waals surface area contributed by atoms with Crippen molar-refractivity contribution in [1.29, 1.82) is 0 Å². The van der Waals surface area contributed by atoms with Crippen LogP contribution in [0.3, 0.4) is 0 Å². The van der Waals surface area contributed by atoms with Gasteiger partial charge in [0.25, 0.3) is 0 Å². The first-order valence-electron chi connectivity index (χ1n) is 3.31. The Kier molecular flexibility index (Phi) is 3.21. The third-order valence-corrected chi connectivity index (χ3v) is 1.86. The molecule has 1 saturated heterocycles. The summed E-state index contributed by atoms with van der Waals surface area (Å²) in [5, 5.41) is 3.29. The molecule has 0 amide bonds. The van der Waals surface area contributed by atoms with E-state index in [4.69, 9.17) is 0 Å². The van der Waals surface area contributed by atoms with Gasteiger partial charge in [0.2, 0.25) is 0 Å². The molecule has 0 aromatic carbocycles. The minimum atomic E-state index is 0. The van der Waals surface area contributed by atoms with Crippen molar-refractivity contribution >= 4 is 6.21 Å². The molecule has 0 aromatic heterocycles. The summed E-state index contributed by atoms with van der Waals surface area (Å²) in [6, 6.07) is 0. The molecule has 1 radical (unpaired) electrons. The van der Waals surface area contributed by atoms with Crippen molar-refractivity contribution in [3.63, 3.8) is 0 Å². The molecule has 2 rings (SSSR count). The van der Waals surface area contributed by atoms with E-state index in [1.807, 2.05) is 0 Å². The van der Waals surface area contributed by atoms with Crippen LogP contribution in [0.15, 0.2) is 11.1 Å². The van der Waals surface area contributed by atoms with Gasteiger partial charge in [-0.15, -0.1) is 0 Å². The smallest absolute Gasteiger partial charge is 0.0996 e. The summed E-state index contributed by atoms with van der Waals surface area (Å²) in [7, 11) is 0. The van der Waals surface area contributed by atoms with Crippen molar-refractivity contribution in [2.75, 3.05) is 6.54 Å². The predicted molar refractivity (Wildman–Crippen MR) is 36.2 cm³/mol. The van der Waals surface area contributed by atoms with Crippen molar-refractivity contribution in [3.05, 3.63) is 12.2 Å². The second kappa shape index (κ2) is 3.75. The number of nitrogens with one attached hydrogen (secondary N) is 1. The Morgan fingerprint density at radius 3 is 3.30 bits per heavy atom. The number of nitrogens with zero attached hydrogens (tertiary/aromatic N) is 1. The minimum Gasteiger partial charge on any atom is -0.457 e. The average molecular weight is 210 g/mol. The SMILES string of the molecule is [C-]1=CC2CCNC2N=C1.[Y]. The van der Waals surface area contributed by atoms with E-state index in [2.05, 4.69) is 22.5 Å². The molecule has 0 aliphatic carbocycles. The molecule has 2 unspecified atom stereocenters. The Morgan fingerprint density at radius 1 is 1.60 bits per heavy atom. The van der Waals surface area contributed by atoms with Crippen LogP contribution in [-0.4, -0.2) is 18.9 Å². The summed E-state index contributed by atoms with van der Waals surface area (Å²) in [5.41, 5.74) is 0. The molecule has 0 spiro atoms. The van der Waals surface area contributed by atoms with Crippen LogP contribution in [0.1, 0.15) is 6.42 Å². The zero-order valence-electron chi connectivity index (χ0n) is 5.75. The van der Waals surface area contributed by atoms with Gasteiger partial charge in [0.1, 0.15) is 0 Å². The Balaban J connectivity index is 0.000000500. The van der Waals surface area contributed by atoms with Gasteiger partial charge >= 0.3 is 0 Å². The van der Waals surface area contributed by atoms with Crippen LogP contribution in [0, 0.1) is 12.0 Å². The summed E-state index contributed by atoms with van der Waals surface area (Å²) in [5.74, 6) is 0.620. The molecule has 10 heavy (non-hydrogen) atoms. The van der Waals surface area contributed by atoms with Gasteiger partial charge in [0.05, 0.1) is 6.17 Å². The van der Waals surface area contributed by atoms with E-state index in [-0.39, 0.29) is 32.7 Å². The number of hydrogen-bond donors (Lipinski definition) is 1. The molecular weight excluding hydrogens is 201 g/mol. The monoisotopic (exact) mass is 210 g/mol. The number of rotatable bonds is 0. The van der Waals surface area contributed by atoms with Crippen molar-refractivity contribution in [2.45, 2.75) is 12.6 Å². The summed E-state index contributed by atoms with van der Waals surface area (Å²) < 4.78 is 0. The molecule has 2 heterocycles. The van der Waals surface area contributed by atoms with Gasteiger partial charge in [-0.25, -0.2) is 0 Å². The fraction of sp³-hybridized carbons (Fsp3) is 0.571. The van der Waals surface area contributed by atoms with E-state index in [0.29, 0.717) is 12.1 Å². The van der Waals surface area contributed by atoms with Gasteiger partial charge in [0.15, 0.2) is 0 Å². The fourth-order valence-corrected chi connectivity index (χ4v) is 1.33. The van der Waals surface area contributed by atoms with E-state index in [1.165, 1.54) is 6.42 Å². The Hall–Kier alpha value is 0.474. The van der Waals surface area contributed by atoms with Crippen LogP contribution in [0.4, 0.5) is 0 Å². The van der Waals surface area contributed by atoms with Crippen LogP contribution in [0.2, 0.25) is 0 Å². The van der Waals surface area contributed by atoms with Gasteiger partial charge in [-0.2, -0.15) is 6.21 Å². The first-order valence-corrected chi connectivity index (χ1v) is 3.31. The number of fused-ring (bicyclic) bond motifs is 1. The topological polar surface area (TPSA) is 24.4 Å². The molecule has 3 heteroatoms. The van der Waals surface area contributed by atoms with Gasteiger partial charge in [-0.1, -0.05) is 0 Å². The maximum atomic E-state index is 4.21. The first kappa shape index (κ1) is 8.57. The number of dihydropyridines is 1. The Labute approximate surface area is 86.1 Å². The van der Waals surface area contributed by atoms with Gasteiger partial charge in [-0.05, 0) is 18.9 Å². The van der Waals surface area contributed by atoms with Gasteiger partial charge in [0, 0.05) is 32.7 Å². The summed E-state index contributed by atoms with van der Waals surface area (Å²) in [6.45, 7) is 1.10. The van der Waals surface area contributed by atoms with Crippen molar-refractivity contribution in [2.24, 2.45) is 10.9 Å². The van der Waals surface area contributed by atoms with E-state index < -0.39 is 0 Å². The van der Waals surface area contributed by atoms with E-state index in [1.54, 1.807) is 6.21 Å². The van der Waals surface area contributed by atoms with Crippen LogP contribution >= 0.6 is 0 Å². The molecule has 2 atom stereocenters. The standard InChI is InChI=1S/C7H9N2.Y/c1-2-6-3-5-9-7(6)8-4-1;/h2,4,6-7,9H,3,5H2;/q-1;. The van der Waals surface area contributed by atoms with E-state index >= 15 is 0 Å². The maximum Gasteiger partial charge on any atom is 0.0996 e. The third-order valence-electron chi connectivity index (χ3n) is 1.86. The van der Waals surface area contributed by atoms with E-state index in [0.717, 1.165) is 6.54 Å². The average Bonchev–Trinajstić information content (AvgIpc) is 2.33. The van der Waals surface area contributed by atoms with Crippen molar-refractivity contribution in [1.82, 2.24) is 5.32 Å². The maximum absolute atomic E-state index is 4.21. The normalized spacial score (nSPS) is 35.2. The van der Waals surface area contributed by atoms with Gasteiger partial charge in [-0.3, -0.25) is 11.4 Å². The van der Waals surface area contributed by atoms with E-state index in [9.17, 15) is 0 Å². The third kappa shape index (κ3) is 1.55. The summed E-state index contributed by atoms with van der Waals surface area (Å²) in [4.78, 5) is 4.21. The largest absolute Gasteiger partial charge is 0.457 e. The van der Waals surface area contributed by atoms with Crippen LogP contribution in [-0.2, 0) is 32.7 Å². The number of hydrogen-bond acceptors (Lipinski definition) is 2. The molecule has 51 valence electrons. The number of allylic oxidation sites excluding steroid dienone is 1. The first-order chi connectivity index (χ1) is 4.47. The van der Waals surface area contributed by atoms with Crippen LogP contribution in [0.5, 0.6) is 0 Å². The molecule has 1 fully saturated rings. The second-order valence-corrected chi connectivity index (χ2v) is 2.46. The quantitative estimate of drug-likeness (QED) is 0.573. The zero-order valence-corrected chi connectivity index (χ0v) is 8.59. The molecule has 0 saturated carbocycles. The molecule has 1 N–H and O–H groups in total. The van der Waals surface area contributed by atoms with Gasteiger partial charge < -0.3 is 11.1 Å². The Morgan fingerprint density at radius 2 is 2.50 bits per heavy atom. The molecule has 2 aliphatic rings. The summed E-state index contributed by atoms with van der Waals surface area (Å²) in [6.07, 6.45) is 8.44. The number of aliphatic imine (C=N–C) groups is 1. The molecule has 0 aromatic rings. The van der Waals surface area contributed by atoms with Crippen molar-refractivity contribution in [3.8, 4) is 0 Å². The zero-order chi connectivity index (χ0) is 6.10. The summed E-state index contributed by atoms with van der Waals surface area (Å²) >= 11 is 0. The van der Waals surface area contributed by atoms with Crippen LogP contribution in [0.25, 0.3) is 0 Å². The molecule has 2 aliphatic heterocycles. The molecular formula is C7H9N2Y-.